The standard InChI is InChI=1S/C27H22BrClN2O5S/c1-16-4-3-5-20(10-16)30-24(32)14-31-26(33)23(37-27(31)34)13-18-11-21(28)25(22(12-18)35-2)36-15-17-6-8-19(29)9-7-17/h3-13H,14-15H2,1-2H3,(H,30,32)/b23-13+. The van der Waals surface area contributed by atoms with Gasteiger partial charge in [0.05, 0.1) is 16.5 Å². The number of benzene rings is 3. The zero-order valence-corrected chi connectivity index (χ0v) is 23.1. The van der Waals surface area contributed by atoms with Gasteiger partial charge in [-0.25, -0.2) is 0 Å². The Morgan fingerprint density at radius 3 is 2.59 bits per heavy atom. The maximum Gasteiger partial charge on any atom is 0.294 e. The predicted molar refractivity (Wildman–Crippen MR) is 149 cm³/mol. The fraction of sp³-hybridized carbons (Fsp3) is 0.148. The second-order valence-corrected chi connectivity index (χ2v) is 10.4. The van der Waals surface area contributed by atoms with Crippen LogP contribution in [0.25, 0.3) is 6.08 Å². The van der Waals surface area contributed by atoms with Gasteiger partial charge in [-0.3, -0.25) is 19.3 Å². The summed E-state index contributed by atoms with van der Waals surface area (Å²) in [6.07, 6.45) is 1.58. The fourth-order valence-electron chi connectivity index (χ4n) is 3.55. The van der Waals surface area contributed by atoms with Crippen molar-refractivity contribution in [3.63, 3.8) is 0 Å². The molecule has 10 heteroatoms. The molecule has 0 spiro atoms. The van der Waals surface area contributed by atoms with Crippen LogP contribution in [0, 0.1) is 6.92 Å². The summed E-state index contributed by atoms with van der Waals surface area (Å²) in [6.45, 7) is 1.83. The van der Waals surface area contributed by atoms with Crippen molar-refractivity contribution in [2.75, 3.05) is 19.0 Å². The summed E-state index contributed by atoms with van der Waals surface area (Å²) >= 11 is 10.2. The van der Waals surface area contributed by atoms with Crippen molar-refractivity contribution in [2.24, 2.45) is 0 Å². The average molecular weight is 602 g/mol. The van der Waals surface area contributed by atoms with Crippen LogP contribution in [-0.4, -0.2) is 35.6 Å². The molecule has 1 fully saturated rings. The van der Waals surface area contributed by atoms with Gasteiger partial charge in [-0.05, 0) is 93.8 Å². The topological polar surface area (TPSA) is 84.9 Å². The van der Waals surface area contributed by atoms with Gasteiger partial charge in [0.1, 0.15) is 13.2 Å². The van der Waals surface area contributed by atoms with Crippen LogP contribution in [0.4, 0.5) is 10.5 Å². The first kappa shape index (κ1) is 26.8. The molecule has 190 valence electrons. The molecule has 1 aliphatic heterocycles. The summed E-state index contributed by atoms with van der Waals surface area (Å²) in [7, 11) is 1.52. The molecule has 3 aromatic carbocycles. The van der Waals surface area contributed by atoms with E-state index in [-0.39, 0.29) is 11.4 Å². The summed E-state index contributed by atoms with van der Waals surface area (Å²) in [5.74, 6) is -0.0461. The SMILES string of the molecule is COc1cc(/C=C2/SC(=O)N(CC(=O)Nc3cccc(C)c3)C2=O)cc(Br)c1OCc1ccc(Cl)cc1. The number of hydrogen-bond donors (Lipinski definition) is 1. The first-order chi connectivity index (χ1) is 17.7. The van der Waals surface area contributed by atoms with Crippen LogP contribution in [0.15, 0.2) is 70.0 Å². The van der Waals surface area contributed by atoms with E-state index in [2.05, 4.69) is 21.2 Å². The van der Waals surface area contributed by atoms with Crippen LogP contribution in [0.2, 0.25) is 5.02 Å². The number of hydrogen-bond acceptors (Lipinski definition) is 6. The first-order valence-electron chi connectivity index (χ1n) is 11.1. The van der Waals surface area contributed by atoms with Gasteiger partial charge < -0.3 is 14.8 Å². The summed E-state index contributed by atoms with van der Waals surface area (Å²) in [4.78, 5) is 39.0. The molecule has 0 aromatic heterocycles. The highest BCUT2D eigenvalue weighted by atomic mass is 79.9. The number of nitrogens with one attached hydrogen (secondary N) is 1. The monoisotopic (exact) mass is 600 g/mol. The molecule has 0 atom stereocenters. The van der Waals surface area contributed by atoms with E-state index >= 15 is 0 Å². The minimum Gasteiger partial charge on any atom is -0.493 e. The number of carbonyl (C=O) groups excluding carboxylic acids is 3. The zero-order valence-electron chi connectivity index (χ0n) is 19.9. The number of thioether (sulfide) groups is 1. The fourth-order valence-corrected chi connectivity index (χ4v) is 5.09. The van der Waals surface area contributed by atoms with Crippen LogP contribution >= 0.6 is 39.3 Å². The maximum absolute atomic E-state index is 12.9. The van der Waals surface area contributed by atoms with Crippen LogP contribution in [0.1, 0.15) is 16.7 Å². The average Bonchev–Trinajstić information content (AvgIpc) is 3.11. The molecule has 1 heterocycles. The van der Waals surface area contributed by atoms with Crippen molar-refractivity contribution in [3.8, 4) is 11.5 Å². The number of anilines is 1. The largest absolute Gasteiger partial charge is 0.493 e. The molecule has 0 aliphatic carbocycles. The van der Waals surface area contributed by atoms with E-state index in [1.165, 1.54) is 7.11 Å². The van der Waals surface area contributed by atoms with E-state index in [4.69, 9.17) is 21.1 Å². The Bertz CT molecular complexity index is 1390. The molecular weight excluding hydrogens is 580 g/mol. The molecule has 37 heavy (non-hydrogen) atoms. The Hall–Kier alpha value is -3.27. The third-order valence-corrected chi connectivity index (χ3v) is 7.07. The molecule has 1 N–H and O–H groups in total. The lowest BCUT2D eigenvalue weighted by Crippen LogP contribution is -2.36. The van der Waals surface area contributed by atoms with E-state index in [9.17, 15) is 14.4 Å². The van der Waals surface area contributed by atoms with Gasteiger partial charge in [0.15, 0.2) is 11.5 Å². The van der Waals surface area contributed by atoms with E-state index in [0.29, 0.717) is 38.9 Å². The van der Waals surface area contributed by atoms with Gasteiger partial charge in [-0.2, -0.15) is 0 Å². The highest BCUT2D eigenvalue weighted by Gasteiger charge is 2.36. The molecule has 1 saturated heterocycles. The van der Waals surface area contributed by atoms with E-state index in [1.807, 2.05) is 31.2 Å². The van der Waals surface area contributed by atoms with Gasteiger partial charge in [-0.1, -0.05) is 35.9 Å². The first-order valence-corrected chi connectivity index (χ1v) is 13.1. The summed E-state index contributed by atoms with van der Waals surface area (Å²) < 4.78 is 12.1. The minimum absolute atomic E-state index is 0.206. The second-order valence-electron chi connectivity index (χ2n) is 8.13. The Labute approximate surface area is 231 Å². The van der Waals surface area contributed by atoms with Gasteiger partial charge >= 0.3 is 0 Å². The van der Waals surface area contributed by atoms with E-state index < -0.39 is 17.1 Å². The van der Waals surface area contributed by atoms with Gasteiger partial charge in [0.25, 0.3) is 11.1 Å². The maximum atomic E-state index is 12.9. The second kappa shape index (κ2) is 11.9. The van der Waals surface area contributed by atoms with E-state index in [0.717, 1.165) is 27.8 Å². The van der Waals surface area contributed by atoms with Crippen LogP contribution < -0.4 is 14.8 Å². The molecule has 0 unspecified atom stereocenters. The van der Waals surface area contributed by atoms with Gasteiger partial charge in [0, 0.05) is 10.7 Å². The van der Waals surface area contributed by atoms with Crippen molar-refractivity contribution >= 4 is 68.1 Å². The Kier molecular flexibility index (Phi) is 8.58. The quantitative estimate of drug-likeness (QED) is 0.290. The number of imide groups is 1. The zero-order chi connectivity index (χ0) is 26.5. The Morgan fingerprint density at radius 1 is 1.14 bits per heavy atom. The number of ether oxygens (including phenoxy) is 2. The molecule has 3 aromatic rings. The highest BCUT2D eigenvalue weighted by Crippen LogP contribution is 2.39. The summed E-state index contributed by atoms with van der Waals surface area (Å²) in [5.41, 5.74) is 3.14. The Balaban J connectivity index is 1.46. The molecule has 4 rings (SSSR count). The number of nitrogens with zero attached hydrogens (tertiary/aromatic N) is 1. The lowest BCUT2D eigenvalue weighted by atomic mass is 10.1. The van der Waals surface area contributed by atoms with Gasteiger partial charge in [0.2, 0.25) is 5.91 Å². The third-order valence-electron chi connectivity index (χ3n) is 5.32. The van der Waals surface area contributed by atoms with Gasteiger partial charge in [-0.15, -0.1) is 0 Å². The van der Waals surface area contributed by atoms with Crippen molar-refractivity contribution in [3.05, 3.63) is 91.8 Å². The normalized spacial score (nSPS) is 14.3. The molecular formula is C27H22BrClN2O5S. The van der Waals surface area contributed by atoms with Crippen LogP contribution in [0.3, 0.4) is 0 Å². The predicted octanol–water partition coefficient (Wildman–Crippen LogP) is 6.67. The Morgan fingerprint density at radius 2 is 1.89 bits per heavy atom. The molecule has 0 saturated carbocycles. The lowest BCUT2D eigenvalue weighted by molar-refractivity contribution is -0.127. The number of rotatable bonds is 8. The number of halogens is 2. The number of carbonyl (C=O) groups is 3. The van der Waals surface area contributed by atoms with Crippen molar-refractivity contribution in [1.82, 2.24) is 4.90 Å². The van der Waals surface area contributed by atoms with Crippen LogP contribution in [0.5, 0.6) is 11.5 Å². The van der Waals surface area contributed by atoms with E-state index in [1.54, 1.807) is 42.5 Å². The molecule has 1 aliphatic rings. The molecule has 0 bridgehead atoms. The molecule has 3 amide bonds. The molecule has 7 nitrogen and oxygen atoms in total. The number of methoxy groups -OCH3 is 1. The number of amides is 3. The summed E-state index contributed by atoms with van der Waals surface area (Å²) in [5, 5.41) is 2.85. The van der Waals surface area contributed by atoms with Crippen molar-refractivity contribution in [1.29, 1.82) is 0 Å². The number of aryl methyl sites for hydroxylation is 1. The molecule has 0 radical (unpaired) electrons. The minimum atomic E-state index is -0.535. The third kappa shape index (κ3) is 6.74. The summed E-state index contributed by atoms with van der Waals surface area (Å²) in [6, 6.07) is 18.0. The van der Waals surface area contributed by atoms with Crippen molar-refractivity contribution < 1.29 is 23.9 Å². The lowest BCUT2D eigenvalue weighted by Gasteiger charge is -2.14. The van der Waals surface area contributed by atoms with Crippen LogP contribution in [-0.2, 0) is 16.2 Å². The highest BCUT2D eigenvalue weighted by molar-refractivity contribution is 9.10. The smallest absolute Gasteiger partial charge is 0.294 e. The van der Waals surface area contributed by atoms with Crippen molar-refractivity contribution in [2.45, 2.75) is 13.5 Å².